The van der Waals surface area contributed by atoms with Crippen LogP contribution in [0, 0.1) is 5.41 Å². The fourth-order valence-corrected chi connectivity index (χ4v) is 4.41. The van der Waals surface area contributed by atoms with Crippen molar-refractivity contribution in [2.75, 3.05) is 94.7 Å². The second-order valence-electron chi connectivity index (χ2n) is 9.77. The molecule has 0 spiro atoms. The lowest BCUT2D eigenvalue weighted by Gasteiger charge is -2.33. The molecule has 2 aromatic heterocycles. The third-order valence-corrected chi connectivity index (χ3v) is 6.45. The number of hydrogen-bond acceptors (Lipinski definition) is 12. The van der Waals surface area contributed by atoms with E-state index in [0.29, 0.717) is 48.6 Å². The van der Waals surface area contributed by atoms with E-state index in [4.69, 9.17) is 20.1 Å². The van der Waals surface area contributed by atoms with Gasteiger partial charge in [0.05, 0.1) is 12.3 Å². The Bertz CT molecular complexity index is 1080. The first-order valence-electron chi connectivity index (χ1n) is 13.0. The minimum Gasteiger partial charge on any atom is -0.378 e. The Morgan fingerprint density at radius 3 is 2.69 bits per heavy atom. The zero-order valence-corrected chi connectivity index (χ0v) is 22.3. The van der Waals surface area contributed by atoms with Gasteiger partial charge in [0.1, 0.15) is 30.1 Å². The summed E-state index contributed by atoms with van der Waals surface area (Å²) in [5.41, 5.74) is 1.09. The Kier molecular flexibility index (Phi) is 9.83. The van der Waals surface area contributed by atoms with Gasteiger partial charge in [-0.2, -0.15) is 18.2 Å². The highest BCUT2D eigenvalue weighted by Gasteiger charge is 2.28. The molecule has 0 radical (unpaired) electrons. The molecule has 4 N–H and O–H groups in total. The number of halogens is 3. The molecule has 2 aliphatic rings. The van der Waals surface area contributed by atoms with Crippen LogP contribution in [0.5, 0.6) is 0 Å². The van der Waals surface area contributed by atoms with Crippen molar-refractivity contribution in [2.24, 2.45) is 0 Å². The monoisotopic (exact) mass is 551 g/mol. The van der Waals surface area contributed by atoms with Crippen LogP contribution in [0.2, 0.25) is 0 Å². The lowest BCUT2D eigenvalue weighted by molar-refractivity contribution is -0.172. The molecule has 0 saturated carbocycles. The molecule has 39 heavy (non-hydrogen) atoms. The normalized spacial score (nSPS) is 19.2. The number of aromatic nitrogens is 4. The highest BCUT2D eigenvalue weighted by Crippen LogP contribution is 2.29. The van der Waals surface area contributed by atoms with Crippen molar-refractivity contribution < 1.29 is 17.9 Å². The number of nitrogens with zero attached hydrogens (tertiary/aromatic N) is 7. The van der Waals surface area contributed by atoms with Gasteiger partial charge in [0.25, 0.3) is 0 Å². The Labute approximate surface area is 225 Å². The Morgan fingerprint density at radius 1 is 1.21 bits per heavy atom. The first-order chi connectivity index (χ1) is 18.7. The van der Waals surface area contributed by atoms with Crippen molar-refractivity contribution in [3.8, 4) is 0 Å². The highest BCUT2D eigenvalue weighted by atomic mass is 19.4. The zero-order chi connectivity index (χ0) is 27.8. The summed E-state index contributed by atoms with van der Waals surface area (Å²) >= 11 is 0. The summed E-state index contributed by atoms with van der Waals surface area (Å²) in [5, 5.41) is 18.8. The van der Waals surface area contributed by atoms with Crippen LogP contribution in [0.1, 0.15) is 12.6 Å². The van der Waals surface area contributed by atoms with Gasteiger partial charge in [-0.25, -0.2) is 15.0 Å². The molecule has 4 heterocycles. The van der Waals surface area contributed by atoms with E-state index in [1.807, 2.05) is 0 Å². The van der Waals surface area contributed by atoms with E-state index in [1.165, 1.54) is 6.33 Å². The molecule has 0 amide bonds. The summed E-state index contributed by atoms with van der Waals surface area (Å²) in [7, 11) is 2.07. The molecular formula is C24H36F3N11O. The first-order valence-corrected chi connectivity index (χ1v) is 13.0. The van der Waals surface area contributed by atoms with Gasteiger partial charge < -0.3 is 35.9 Å². The van der Waals surface area contributed by atoms with E-state index < -0.39 is 12.8 Å². The van der Waals surface area contributed by atoms with Crippen LogP contribution in [0.3, 0.4) is 0 Å². The number of ether oxygens (including phenoxy) is 1. The Hall–Kier alpha value is -3.14. The minimum absolute atomic E-state index is 0.0662. The van der Waals surface area contributed by atoms with E-state index in [0.717, 1.165) is 32.7 Å². The quantitative estimate of drug-likeness (QED) is 0.239. The zero-order valence-electron chi connectivity index (χ0n) is 22.3. The largest absolute Gasteiger partial charge is 0.411 e. The highest BCUT2D eigenvalue weighted by molar-refractivity contribution is 6.05. The molecule has 214 valence electrons. The molecule has 0 aromatic carbocycles. The van der Waals surface area contributed by atoms with Gasteiger partial charge in [0.15, 0.2) is 5.82 Å². The van der Waals surface area contributed by atoms with Crippen molar-refractivity contribution in [2.45, 2.75) is 19.1 Å². The minimum atomic E-state index is -4.40. The summed E-state index contributed by atoms with van der Waals surface area (Å²) in [6.07, 6.45) is -1.42. The van der Waals surface area contributed by atoms with Crippen LogP contribution in [0.25, 0.3) is 0 Å². The van der Waals surface area contributed by atoms with Crippen LogP contribution in [-0.2, 0) is 4.74 Å². The predicted molar refractivity (Wildman–Crippen MR) is 143 cm³/mol. The molecule has 15 heteroatoms. The second kappa shape index (κ2) is 13.3. The maximum atomic E-state index is 12.5. The maximum Gasteiger partial charge on any atom is 0.411 e. The SMILES string of the molecule is C[C@@H]1CN(c2nc(Nc3ccncn3)c(NCCOCC(F)(F)F)c(C(=N)CN3CCN(C)CC3)n2)CCN1. The van der Waals surface area contributed by atoms with Gasteiger partial charge in [-0.05, 0) is 20.0 Å². The molecule has 2 fully saturated rings. The summed E-state index contributed by atoms with van der Waals surface area (Å²) in [5.74, 6) is 1.33. The van der Waals surface area contributed by atoms with E-state index >= 15 is 0 Å². The third kappa shape index (κ3) is 8.68. The van der Waals surface area contributed by atoms with E-state index in [-0.39, 0.29) is 24.9 Å². The number of piperazine rings is 2. The Morgan fingerprint density at radius 2 is 2.00 bits per heavy atom. The van der Waals surface area contributed by atoms with Crippen LogP contribution >= 0.6 is 0 Å². The summed E-state index contributed by atoms with van der Waals surface area (Å²) in [4.78, 5) is 24.3. The van der Waals surface area contributed by atoms with Crippen molar-refractivity contribution in [1.82, 2.24) is 35.1 Å². The van der Waals surface area contributed by atoms with Crippen LogP contribution in [-0.4, -0.2) is 127 Å². The topological polar surface area (TPSA) is 130 Å². The maximum absolute atomic E-state index is 12.5. The van der Waals surface area contributed by atoms with Gasteiger partial charge in [-0.3, -0.25) is 4.90 Å². The fourth-order valence-electron chi connectivity index (χ4n) is 4.41. The fraction of sp³-hybridized carbons (Fsp3) is 0.625. The van der Waals surface area contributed by atoms with Gasteiger partial charge in [-0.1, -0.05) is 0 Å². The van der Waals surface area contributed by atoms with Gasteiger partial charge in [-0.15, -0.1) is 0 Å². The van der Waals surface area contributed by atoms with E-state index in [9.17, 15) is 13.2 Å². The number of rotatable bonds is 11. The molecule has 4 rings (SSSR count). The first kappa shape index (κ1) is 28.9. The van der Waals surface area contributed by atoms with Crippen LogP contribution in [0.15, 0.2) is 18.6 Å². The number of likely N-dealkylation sites (N-methyl/N-ethyl adjacent to an activating group) is 1. The summed E-state index contributed by atoms with van der Waals surface area (Å²) in [6, 6.07) is 1.91. The molecule has 12 nitrogen and oxygen atoms in total. The van der Waals surface area contributed by atoms with Gasteiger partial charge in [0, 0.05) is 71.1 Å². The molecule has 0 unspecified atom stereocenters. The van der Waals surface area contributed by atoms with Crippen molar-refractivity contribution in [1.29, 1.82) is 5.41 Å². The van der Waals surface area contributed by atoms with Crippen LogP contribution in [0.4, 0.5) is 36.4 Å². The van der Waals surface area contributed by atoms with Crippen LogP contribution < -0.4 is 20.9 Å². The standard InChI is InChI=1S/C24H36F3N11O/c1-17-13-38(7-5-30-17)23-34-20(18(28)14-37-10-8-36(2)9-11-37)21(31-6-12-39-15-24(25,26)27)22(35-23)33-19-3-4-29-16-32-19/h3-4,16-17,28,30-31H,5-15H2,1-2H3,(H,29,32,33,34,35)/t17-/m1/s1. The lowest BCUT2D eigenvalue weighted by Crippen LogP contribution is -2.50. The lowest BCUT2D eigenvalue weighted by atomic mass is 10.1. The molecular weight excluding hydrogens is 515 g/mol. The summed E-state index contributed by atoms with van der Waals surface area (Å²) < 4.78 is 42.4. The number of anilines is 4. The van der Waals surface area contributed by atoms with E-state index in [1.54, 1.807) is 12.3 Å². The van der Waals surface area contributed by atoms with Crippen molar-refractivity contribution in [3.63, 3.8) is 0 Å². The molecule has 0 aliphatic carbocycles. The number of hydrogen-bond donors (Lipinski definition) is 4. The summed E-state index contributed by atoms with van der Waals surface area (Å²) in [6.45, 7) is 6.63. The van der Waals surface area contributed by atoms with Gasteiger partial charge >= 0.3 is 6.18 Å². The molecule has 1 atom stereocenters. The third-order valence-electron chi connectivity index (χ3n) is 6.45. The number of nitrogens with one attached hydrogen (secondary N) is 4. The van der Waals surface area contributed by atoms with Gasteiger partial charge in [0.2, 0.25) is 5.95 Å². The molecule has 0 bridgehead atoms. The second-order valence-corrected chi connectivity index (χ2v) is 9.77. The Balaban J connectivity index is 1.65. The number of alkyl halides is 3. The predicted octanol–water partition coefficient (Wildman–Crippen LogP) is 1.41. The smallest absolute Gasteiger partial charge is 0.378 e. The molecule has 2 aromatic rings. The average Bonchev–Trinajstić information content (AvgIpc) is 2.90. The molecule has 2 aliphatic heterocycles. The van der Waals surface area contributed by atoms with Crippen molar-refractivity contribution >= 4 is 29.0 Å². The molecule has 2 saturated heterocycles. The van der Waals surface area contributed by atoms with Crippen molar-refractivity contribution in [3.05, 3.63) is 24.3 Å². The average molecular weight is 552 g/mol. The van der Waals surface area contributed by atoms with E-state index in [2.05, 4.69) is 54.6 Å².